The van der Waals surface area contributed by atoms with Crippen molar-refractivity contribution in [2.75, 3.05) is 5.32 Å². The maximum atomic E-state index is 11.1. The molecule has 1 aromatic rings. The lowest BCUT2D eigenvalue weighted by Crippen LogP contribution is -2.39. The zero-order chi connectivity index (χ0) is 15.2. The molecule has 0 aromatic carbocycles. The zero-order valence-corrected chi connectivity index (χ0v) is 13.1. The third kappa shape index (κ3) is 4.92. The number of carbonyl (C=O) groups is 1. The van der Waals surface area contributed by atoms with Crippen LogP contribution in [-0.4, -0.2) is 29.1 Å². The molecule has 0 spiro atoms. The van der Waals surface area contributed by atoms with E-state index in [0.717, 1.165) is 31.4 Å². The number of amides is 1. The fourth-order valence-corrected chi connectivity index (χ4v) is 2.71. The minimum absolute atomic E-state index is 0.0614. The Labute approximate surface area is 126 Å². The van der Waals surface area contributed by atoms with Gasteiger partial charge >= 0.3 is 0 Å². The third-order valence-corrected chi connectivity index (χ3v) is 3.61. The third-order valence-electron chi connectivity index (χ3n) is 3.61. The Morgan fingerprint density at radius 3 is 2.57 bits per heavy atom. The predicted molar refractivity (Wildman–Crippen MR) is 83.5 cm³/mol. The number of hydrogen-bond donors (Lipinski definition) is 2. The molecule has 1 saturated carbocycles. The first-order valence-electron chi connectivity index (χ1n) is 7.70. The van der Waals surface area contributed by atoms with Gasteiger partial charge in [0.2, 0.25) is 11.8 Å². The molecule has 1 heterocycles. The first kappa shape index (κ1) is 15.6. The lowest BCUT2D eigenvalue weighted by atomic mass is 9.91. The van der Waals surface area contributed by atoms with Crippen LogP contribution in [0.15, 0.2) is 18.3 Å². The van der Waals surface area contributed by atoms with E-state index in [4.69, 9.17) is 4.74 Å². The van der Waals surface area contributed by atoms with Crippen molar-refractivity contribution in [2.45, 2.75) is 64.6 Å². The minimum Gasteiger partial charge on any atom is -0.473 e. The van der Waals surface area contributed by atoms with Gasteiger partial charge in [0.15, 0.2) is 0 Å². The summed E-state index contributed by atoms with van der Waals surface area (Å²) in [6.45, 7) is 5.57. The molecular weight excluding hydrogens is 266 g/mol. The minimum atomic E-state index is 0.0614. The van der Waals surface area contributed by atoms with E-state index in [-0.39, 0.29) is 12.0 Å². The predicted octanol–water partition coefficient (Wildman–Crippen LogP) is 2.73. The summed E-state index contributed by atoms with van der Waals surface area (Å²) in [4.78, 5) is 15.4. The molecule has 1 aliphatic rings. The molecule has 0 radical (unpaired) electrons. The topological polar surface area (TPSA) is 63.2 Å². The smallest absolute Gasteiger partial charge is 0.237 e. The highest BCUT2D eigenvalue weighted by Gasteiger charge is 2.22. The summed E-state index contributed by atoms with van der Waals surface area (Å²) in [6.07, 6.45) is 5.96. The summed E-state index contributed by atoms with van der Waals surface area (Å²) in [5, 5.41) is 6.53. The second-order valence-electron chi connectivity index (χ2n) is 5.92. The van der Waals surface area contributed by atoms with Gasteiger partial charge in [-0.15, -0.1) is 0 Å². The summed E-state index contributed by atoms with van der Waals surface area (Å²) in [5.74, 6) is 0.725. The van der Waals surface area contributed by atoms with Gasteiger partial charge in [-0.05, 0) is 51.7 Å². The maximum absolute atomic E-state index is 11.1. The second-order valence-corrected chi connectivity index (χ2v) is 5.92. The van der Waals surface area contributed by atoms with Crippen molar-refractivity contribution < 1.29 is 9.53 Å². The maximum Gasteiger partial charge on any atom is 0.237 e. The molecule has 0 unspecified atom stereocenters. The SMILES string of the molecule is CC(=O)NC1CCC(Nc2cccnc2OC(C)C)CC1. The number of hydrogen-bond acceptors (Lipinski definition) is 4. The van der Waals surface area contributed by atoms with Crippen LogP contribution in [0.1, 0.15) is 46.5 Å². The van der Waals surface area contributed by atoms with Gasteiger partial charge in [0.05, 0.1) is 11.8 Å². The lowest BCUT2D eigenvalue weighted by molar-refractivity contribution is -0.119. The van der Waals surface area contributed by atoms with Gasteiger partial charge in [-0.3, -0.25) is 4.79 Å². The molecule has 21 heavy (non-hydrogen) atoms. The van der Waals surface area contributed by atoms with Gasteiger partial charge in [0, 0.05) is 25.2 Å². The van der Waals surface area contributed by atoms with E-state index in [1.54, 1.807) is 13.1 Å². The van der Waals surface area contributed by atoms with Crippen LogP contribution in [0.25, 0.3) is 0 Å². The molecule has 5 nitrogen and oxygen atoms in total. The van der Waals surface area contributed by atoms with Crippen molar-refractivity contribution in [1.29, 1.82) is 0 Å². The number of aromatic nitrogens is 1. The highest BCUT2D eigenvalue weighted by atomic mass is 16.5. The van der Waals surface area contributed by atoms with Crippen LogP contribution >= 0.6 is 0 Å². The molecular formula is C16H25N3O2. The van der Waals surface area contributed by atoms with Crippen molar-refractivity contribution in [3.05, 3.63) is 18.3 Å². The normalized spacial score (nSPS) is 21.9. The van der Waals surface area contributed by atoms with E-state index in [0.29, 0.717) is 18.0 Å². The van der Waals surface area contributed by atoms with Gasteiger partial charge in [0.25, 0.3) is 0 Å². The standard InChI is InChI=1S/C16H25N3O2/c1-11(2)21-16-15(5-4-10-17-16)19-14-8-6-13(7-9-14)18-12(3)20/h4-5,10-11,13-14,19H,6-9H2,1-3H3,(H,18,20). The molecule has 116 valence electrons. The highest BCUT2D eigenvalue weighted by molar-refractivity contribution is 5.73. The van der Waals surface area contributed by atoms with Crippen LogP contribution in [0.2, 0.25) is 0 Å². The molecule has 5 heteroatoms. The number of anilines is 1. The number of pyridine rings is 1. The summed E-state index contributed by atoms with van der Waals surface area (Å²) >= 11 is 0. The molecule has 0 atom stereocenters. The average molecular weight is 291 g/mol. The molecule has 2 N–H and O–H groups in total. The molecule has 2 rings (SSSR count). The summed E-state index contributed by atoms with van der Waals surface area (Å²) in [7, 11) is 0. The van der Waals surface area contributed by atoms with Crippen LogP contribution < -0.4 is 15.4 Å². The summed E-state index contributed by atoms with van der Waals surface area (Å²) in [5.41, 5.74) is 0.953. The number of nitrogens with zero attached hydrogens (tertiary/aromatic N) is 1. The van der Waals surface area contributed by atoms with Gasteiger partial charge in [-0.25, -0.2) is 4.98 Å². The zero-order valence-electron chi connectivity index (χ0n) is 13.1. The Kier molecular flexibility index (Phi) is 5.42. The molecule has 0 saturated heterocycles. The Balaban J connectivity index is 1.90. The van der Waals surface area contributed by atoms with Crippen LogP contribution in [0, 0.1) is 0 Å². The van der Waals surface area contributed by atoms with E-state index in [9.17, 15) is 4.79 Å². The van der Waals surface area contributed by atoms with E-state index in [1.165, 1.54) is 0 Å². The first-order valence-corrected chi connectivity index (χ1v) is 7.70. The molecule has 0 bridgehead atoms. The van der Waals surface area contributed by atoms with Crippen molar-refractivity contribution in [3.8, 4) is 5.88 Å². The molecule has 1 aromatic heterocycles. The van der Waals surface area contributed by atoms with Gasteiger partial charge in [0.1, 0.15) is 0 Å². The number of carbonyl (C=O) groups excluding carboxylic acids is 1. The Hall–Kier alpha value is -1.78. The lowest BCUT2D eigenvalue weighted by Gasteiger charge is -2.30. The average Bonchev–Trinajstić information content (AvgIpc) is 2.42. The van der Waals surface area contributed by atoms with Crippen LogP contribution in [0.5, 0.6) is 5.88 Å². The molecule has 0 aliphatic heterocycles. The van der Waals surface area contributed by atoms with Crippen molar-refractivity contribution in [2.24, 2.45) is 0 Å². The first-order chi connectivity index (χ1) is 10.0. The number of nitrogens with one attached hydrogen (secondary N) is 2. The molecule has 1 fully saturated rings. The molecule has 1 aliphatic carbocycles. The quantitative estimate of drug-likeness (QED) is 0.875. The number of ether oxygens (including phenoxy) is 1. The fourth-order valence-electron chi connectivity index (χ4n) is 2.71. The number of rotatable bonds is 5. The Morgan fingerprint density at radius 1 is 1.29 bits per heavy atom. The van der Waals surface area contributed by atoms with Crippen LogP contribution in [0.3, 0.4) is 0 Å². The summed E-state index contributed by atoms with van der Waals surface area (Å²) < 4.78 is 5.73. The monoisotopic (exact) mass is 291 g/mol. The van der Waals surface area contributed by atoms with E-state index in [2.05, 4.69) is 15.6 Å². The van der Waals surface area contributed by atoms with Crippen LogP contribution in [0.4, 0.5) is 5.69 Å². The van der Waals surface area contributed by atoms with Crippen molar-refractivity contribution >= 4 is 11.6 Å². The van der Waals surface area contributed by atoms with E-state index in [1.807, 2.05) is 26.0 Å². The van der Waals surface area contributed by atoms with Crippen molar-refractivity contribution in [3.63, 3.8) is 0 Å². The largest absolute Gasteiger partial charge is 0.473 e. The van der Waals surface area contributed by atoms with E-state index < -0.39 is 0 Å². The fraction of sp³-hybridized carbons (Fsp3) is 0.625. The molecule has 1 amide bonds. The Bertz CT molecular complexity index is 468. The highest BCUT2D eigenvalue weighted by Crippen LogP contribution is 2.27. The van der Waals surface area contributed by atoms with Crippen molar-refractivity contribution in [1.82, 2.24) is 10.3 Å². The van der Waals surface area contributed by atoms with Crippen LogP contribution in [-0.2, 0) is 4.79 Å². The van der Waals surface area contributed by atoms with E-state index >= 15 is 0 Å². The Morgan fingerprint density at radius 2 is 1.95 bits per heavy atom. The van der Waals surface area contributed by atoms with Gasteiger partial charge < -0.3 is 15.4 Å². The van der Waals surface area contributed by atoms with Gasteiger partial charge in [-0.2, -0.15) is 0 Å². The summed E-state index contributed by atoms with van der Waals surface area (Å²) in [6, 6.07) is 4.65. The second kappa shape index (κ2) is 7.29. The van der Waals surface area contributed by atoms with Gasteiger partial charge in [-0.1, -0.05) is 0 Å².